The summed E-state index contributed by atoms with van der Waals surface area (Å²) >= 11 is 0. The minimum Gasteiger partial charge on any atom is -0.345 e. The smallest absolute Gasteiger partial charge is 0.243 e. The van der Waals surface area contributed by atoms with E-state index >= 15 is 0 Å². The van der Waals surface area contributed by atoms with E-state index in [0.29, 0.717) is 18.5 Å². The Labute approximate surface area is 149 Å². The first kappa shape index (κ1) is 17.8. The molecule has 1 aromatic carbocycles. The highest BCUT2D eigenvalue weighted by Gasteiger charge is 2.47. The number of halogens is 1. The van der Waals surface area contributed by atoms with Crippen molar-refractivity contribution >= 4 is 29.3 Å². The van der Waals surface area contributed by atoms with E-state index in [1.165, 1.54) is 24.3 Å². The lowest BCUT2D eigenvalue weighted by molar-refractivity contribution is -0.143. The van der Waals surface area contributed by atoms with Crippen molar-refractivity contribution in [3.05, 3.63) is 42.2 Å². The fourth-order valence-electron chi connectivity index (χ4n) is 3.14. The van der Waals surface area contributed by atoms with Gasteiger partial charge in [0, 0.05) is 5.69 Å². The first-order chi connectivity index (χ1) is 12.5. The van der Waals surface area contributed by atoms with Crippen LogP contribution in [0.5, 0.6) is 0 Å². The molecule has 1 aliphatic carbocycles. The van der Waals surface area contributed by atoms with Gasteiger partial charge < -0.3 is 10.6 Å². The molecule has 3 rings (SSSR count). The van der Waals surface area contributed by atoms with E-state index in [9.17, 15) is 23.6 Å². The summed E-state index contributed by atoms with van der Waals surface area (Å²) in [6.45, 7) is -0.713. The molecule has 0 saturated carbocycles. The van der Waals surface area contributed by atoms with E-state index in [-0.39, 0.29) is 30.2 Å². The molecule has 136 valence electrons. The van der Waals surface area contributed by atoms with Gasteiger partial charge in [0.05, 0.1) is 18.4 Å². The highest BCUT2D eigenvalue weighted by molar-refractivity contribution is 6.07. The Bertz CT molecular complexity index is 749. The third-order valence-corrected chi connectivity index (χ3v) is 4.47. The van der Waals surface area contributed by atoms with Crippen LogP contribution < -0.4 is 10.6 Å². The lowest BCUT2D eigenvalue weighted by atomic mass is 9.85. The zero-order valence-corrected chi connectivity index (χ0v) is 13.9. The number of fused-ring (bicyclic) bond motifs is 1. The predicted molar refractivity (Wildman–Crippen MR) is 90.1 cm³/mol. The van der Waals surface area contributed by atoms with Crippen molar-refractivity contribution in [1.29, 1.82) is 0 Å². The maximum atomic E-state index is 12.8. The molecule has 1 saturated heterocycles. The van der Waals surface area contributed by atoms with Gasteiger partial charge in [-0.2, -0.15) is 0 Å². The fraction of sp³-hybridized carbons (Fsp3) is 0.333. The van der Waals surface area contributed by atoms with Gasteiger partial charge in [-0.15, -0.1) is 0 Å². The fourth-order valence-corrected chi connectivity index (χ4v) is 3.14. The van der Waals surface area contributed by atoms with Crippen LogP contribution in [0.3, 0.4) is 0 Å². The third kappa shape index (κ3) is 3.79. The number of amides is 4. The van der Waals surface area contributed by atoms with Gasteiger partial charge in [0.1, 0.15) is 12.4 Å². The summed E-state index contributed by atoms with van der Waals surface area (Å²) < 4.78 is 12.8. The molecule has 8 heteroatoms. The summed E-state index contributed by atoms with van der Waals surface area (Å²) in [5, 5.41) is 4.88. The molecule has 7 nitrogen and oxygen atoms in total. The second-order valence-electron chi connectivity index (χ2n) is 6.25. The molecule has 2 aliphatic rings. The number of rotatable bonds is 5. The lowest BCUT2D eigenvalue weighted by Gasteiger charge is -2.14. The lowest BCUT2D eigenvalue weighted by Crippen LogP contribution is -2.43. The largest absolute Gasteiger partial charge is 0.345 e. The molecular weight excluding hydrogens is 341 g/mol. The number of carbonyl (C=O) groups excluding carboxylic acids is 4. The minimum atomic E-state index is -0.590. The van der Waals surface area contributed by atoms with Crippen molar-refractivity contribution in [3.63, 3.8) is 0 Å². The van der Waals surface area contributed by atoms with E-state index in [1.807, 2.05) is 12.2 Å². The highest BCUT2D eigenvalue weighted by atomic mass is 19.1. The number of likely N-dealkylation sites (tertiary alicyclic amines) is 1. The number of nitrogens with zero attached hydrogens (tertiary/aromatic N) is 1. The van der Waals surface area contributed by atoms with Crippen LogP contribution in [0.25, 0.3) is 0 Å². The number of anilines is 1. The maximum absolute atomic E-state index is 12.8. The summed E-state index contributed by atoms with van der Waals surface area (Å²) in [5.41, 5.74) is 0.395. The number of benzene rings is 1. The first-order valence-electron chi connectivity index (χ1n) is 8.28. The molecule has 1 fully saturated rings. The Kier molecular flexibility index (Phi) is 5.11. The Morgan fingerprint density at radius 1 is 1.00 bits per heavy atom. The van der Waals surface area contributed by atoms with E-state index in [0.717, 1.165) is 4.90 Å². The Morgan fingerprint density at radius 3 is 2.15 bits per heavy atom. The van der Waals surface area contributed by atoms with E-state index in [4.69, 9.17) is 0 Å². The Hall–Kier alpha value is -3.03. The number of hydrogen-bond acceptors (Lipinski definition) is 4. The van der Waals surface area contributed by atoms with Crippen LogP contribution in [0, 0.1) is 17.7 Å². The second-order valence-corrected chi connectivity index (χ2v) is 6.25. The molecule has 0 spiro atoms. The molecule has 1 heterocycles. The summed E-state index contributed by atoms with van der Waals surface area (Å²) in [6, 6.07) is 5.19. The van der Waals surface area contributed by atoms with Gasteiger partial charge in [-0.3, -0.25) is 24.1 Å². The third-order valence-electron chi connectivity index (χ3n) is 4.47. The average Bonchev–Trinajstić information content (AvgIpc) is 2.87. The van der Waals surface area contributed by atoms with Crippen molar-refractivity contribution in [1.82, 2.24) is 10.2 Å². The molecule has 2 atom stereocenters. The average molecular weight is 359 g/mol. The summed E-state index contributed by atoms with van der Waals surface area (Å²) in [4.78, 5) is 49.3. The number of hydrogen-bond donors (Lipinski definition) is 2. The molecule has 0 aromatic heterocycles. The number of carbonyl (C=O) groups is 4. The number of allylic oxidation sites excluding steroid dienone is 2. The zero-order valence-electron chi connectivity index (χ0n) is 13.9. The highest BCUT2D eigenvalue weighted by Crippen LogP contribution is 2.34. The molecule has 0 bridgehead atoms. The normalized spacial score (nSPS) is 21.5. The van der Waals surface area contributed by atoms with Crippen LogP contribution in [0.4, 0.5) is 10.1 Å². The van der Waals surface area contributed by atoms with Crippen LogP contribution in [0.1, 0.15) is 12.8 Å². The monoisotopic (exact) mass is 359 g/mol. The molecule has 2 N–H and O–H groups in total. The number of imide groups is 1. The maximum Gasteiger partial charge on any atom is 0.243 e. The number of nitrogens with one attached hydrogen (secondary N) is 2. The molecule has 0 radical (unpaired) electrons. The zero-order chi connectivity index (χ0) is 18.7. The van der Waals surface area contributed by atoms with Gasteiger partial charge in [0.15, 0.2) is 0 Å². The predicted octanol–water partition coefficient (Wildman–Crippen LogP) is 0.832. The van der Waals surface area contributed by atoms with E-state index in [2.05, 4.69) is 10.6 Å². The van der Waals surface area contributed by atoms with Crippen LogP contribution >= 0.6 is 0 Å². The van der Waals surface area contributed by atoms with Gasteiger partial charge in [-0.1, -0.05) is 12.2 Å². The van der Waals surface area contributed by atoms with Gasteiger partial charge in [-0.05, 0) is 37.1 Å². The minimum absolute atomic E-state index is 0.319. The quantitative estimate of drug-likeness (QED) is 0.601. The van der Waals surface area contributed by atoms with Crippen molar-refractivity contribution in [2.75, 3.05) is 18.4 Å². The van der Waals surface area contributed by atoms with Crippen molar-refractivity contribution < 1.29 is 23.6 Å². The topological polar surface area (TPSA) is 95.6 Å². The van der Waals surface area contributed by atoms with Crippen LogP contribution in [0.2, 0.25) is 0 Å². The Morgan fingerprint density at radius 2 is 1.58 bits per heavy atom. The molecule has 1 aliphatic heterocycles. The summed E-state index contributed by atoms with van der Waals surface area (Å²) in [7, 11) is 0. The van der Waals surface area contributed by atoms with Crippen LogP contribution in [-0.4, -0.2) is 41.6 Å². The first-order valence-corrected chi connectivity index (χ1v) is 8.28. The molecule has 0 unspecified atom stereocenters. The molecule has 1 aromatic rings. The van der Waals surface area contributed by atoms with Gasteiger partial charge >= 0.3 is 0 Å². The van der Waals surface area contributed by atoms with Gasteiger partial charge in [0.25, 0.3) is 0 Å². The second kappa shape index (κ2) is 7.47. The van der Waals surface area contributed by atoms with Gasteiger partial charge in [-0.25, -0.2) is 4.39 Å². The standard InChI is InChI=1S/C18H18FN3O4/c19-11-5-7-12(8-6-11)21-15(23)9-20-16(24)10-22-17(25)13-3-1-2-4-14(13)18(22)26/h1-2,5-8,13-14H,3-4,9-10H2,(H,20,24)(H,21,23)/t13-,14-/m1/s1. The molecular formula is C18H18FN3O4. The Balaban J connectivity index is 1.48. The van der Waals surface area contributed by atoms with Crippen molar-refractivity contribution in [3.8, 4) is 0 Å². The van der Waals surface area contributed by atoms with Crippen LogP contribution in [0.15, 0.2) is 36.4 Å². The molecule has 4 amide bonds. The van der Waals surface area contributed by atoms with E-state index in [1.54, 1.807) is 0 Å². The summed E-state index contributed by atoms with van der Waals surface area (Å²) in [5.74, 6) is -2.96. The van der Waals surface area contributed by atoms with Crippen molar-refractivity contribution in [2.45, 2.75) is 12.8 Å². The van der Waals surface area contributed by atoms with Gasteiger partial charge in [0.2, 0.25) is 23.6 Å². The summed E-state index contributed by atoms with van der Waals surface area (Å²) in [6.07, 6.45) is 4.76. The van der Waals surface area contributed by atoms with E-state index < -0.39 is 24.2 Å². The SMILES string of the molecule is O=C(CN1C(=O)[C@@H]2CC=CC[C@H]2C1=O)NCC(=O)Nc1ccc(F)cc1. The van der Waals surface area contributed by atoms with Crippen molar-refractivity contribution in [2.24, 2.45) is 11.8 Å². The van der Waals surface area contributed by atoms with Crippen LogP contribution in [-0.2, 0) is 19.2 Å². The molecule has 26 heavy (non-hydrogen) atoms.